The molecule has 0 aliphatic heterocycles. The van der Waals surface area contributed by atoms with Crippen LogP contribution in [0.1, 0.15) is 29.9 Å². The summed E-state index contributed by atoms with van der Waals surface area (Å²) in [5.41, 5.74) is 2.84. The third-order valence-corrected chi connectivity index (χ3v) is 5.93. The van der Waals surface area contributed by atoms with E-state index in [0.29, 0.717) is 22.2 Å². The number of aromatic hydroxyl groups is 1. The van der Waals surface area contributed by atoms with Crippen molar-refractivity contribution in [2.24, 2.45) is 5.92 Å². The molecular weight excluding hydrogens is 430 g/mol. The molecule has 0 aliphatic rings. The molecule has 156 valence electrons. The van der Waals surface area contributed by atoms with Gasteiger partial charge in [0.15, 0.2) is 10.0 Å². The van der Waals surface area contributed by atoms with E-state index in [0.717, 1.165) is 16.0 Å². The first-order valence-electron chi connectivity index (χ1n) is 9.84. The zero-order valence-electron chi connectivity index (χ0n) is 17.4. The Kier molecular flexibility index (Phi) is 5.81. The Morgan fingerprint density at radius 2 is 2.10 bits per heavy atom. The standard InChI is InChI=1S/C24H20ClN3O2S/c1-15(2)9-10-17-7-4-8-18(12-17)20-22(29)27-11-5-6-16(3)21(27)28(23(20)30)14-19-13-26-24(25)31-19/h4-8,11-13,15H,14H2,1-3H3/p+1. The van der Waals surface area contributed by atoms with Crippen LogP contribution in [0.25, 0.3) is 16.8 Å². The van der Waals surface area contributed by atoms with Crippen LogP contribution >= 0.6 is 22.9 Å². The number of benzene rings is 1. The Morgan fingerprint density at radius 3 is 2.81 bits per heavy atom. The van der Waals surface area contributed by atoms with Crippen molar-refractivity contribution < 1.29 is 9.67 Å². The van der Waals surface area contributed by atoms with E-state index in [1.165, 1.54) is 11.3 Å². The fourth-order valence-corrected chi connectivity index (χ4v) is 4.43. The minimum Gasteiger partial charge on any atom is -0.477 e. The monoisotopic (exact) mass is 450 g/mol. The van der Waals surface area contributed by atoms with Crippen molar-refractivity contribution in [1.82, 2.24) is 9.38 Å². The summed E-state index contributed by atoms with van der Waals surface area (Å²) in [6, 6.07) is 11.1. The Labute approximate surface area is 189 Å². The number of pyridine rings is 1. The van der Waals surface area contributed by atoms with E-state index in [1.54, 1.807) is 21.4 Å². The summed E-state index contributed by atoms with van der Waals surface area (Å²) >= 11 is 7.35. The van der Waals surface area contributed by atoms with E-state index < -0.39 is 0 Å². The van der Waals surface area contributed by atoms with Crippen molar-refractivity contribution >= 4 is 28.6 Å². The average Bonchev–Trinajstić information content (AvgIpc) is 3.15. The van der Waals surface area contributed by atoms with Gasteiger partial charge >= 0.3 is 5.56 Å². The molecule has 4 rings (SSSR count). The van der Waals surface area contributed by atoms with E-state index in [-0.39, 0.29) is 22.9 Å². The van der Waals surface area contributed by atoms with Gasteiger partial charge in [-0.2, -0.15) is 8.97 Å². The molecule has 0 spiro atoms. The summed E-state index contributed by atoms with van der Waals surface area (Å²) in [7, 11) is 0. The molecule has 0 unspecified atom stereocenters. The van der Waals surface area contributed by atoms with E-state index in [9.17, 15) is 9.90 Å². The van der Waals surface area contributed by atoms with Gasteiger partial charge in [-0.25, -0.2) is 9.78 Å². The van der Waals surface area contributed by atoms with Crippen LogP contribution in [0.15, 0.2) is 53.6 Å². The predicted octanol–water partition coefficient (Wildman–Crippen LogP) is 4.43. The van der Waals surface area contributed by atoms with Crippen molar-refractivity contribution in [1.29, 1.82) is 0 Å². The lowest BCUT2D eigenvalue weighted by molar-refractivity contribution is -0.671. The van der Waals surface area contributed by atoms with E-state index in [2.05, 4.69) is 16.8 Å². The molecule has 0 saturated heterocycles. The van der Waals surface area contributed by atoms with Gasteiger partial charge < -0.3 is 5.11 Å². The molecule has 3 heterocycles. The fraction of sp³-hybridized carbons (Fsp3) is 0.208. The van der Waals surface area contributed by atoms with Crippen molar-refractivity contribution in [2.45, 2.75) is 27.3 Å². The van der Waals surface area contributed by atoms with Crippen LogP contribution in [-0.4, -0.2) is 14.5 Å². The summed E-state index contributed by atoms with van der Waals surface area (Å²) in [5.74, 6) is 6.40. The smallest absolute Gasteiger partial charge is 0.354 e. The van der Waals surface area contributed by atoms with Crippen LogP contribution in [0.3, 0.4) is 0 Å². The number of aromatic nitrogens is 3. The minimum absolute atomic E-state index is 0.0993. The summed E-state index contributed by atoms with van der Waals surface area (Å²) in [5, 5.41) is 11.3. The van der Waals surface area contributed by atoms with Gasteiger partial charge in [0.25, 0.3) is 11.5 Å². The number of halogens is 1. The van der Waals surface area contributed by atoms with Gasteiger partial charge in [0.1, 0.15) is 6.54 Å². The number of thiazole rings is 1. The maximum atomic E-state index is 13.4. The van der Waals surface area contributed by atoms with Gasteiger partial charge in [0, 0.05) is 23.2 Å². The number of rotatable bonds is 3. The molecule has 0 saturated carbocycles. The highest BCUT2D eigenvalue weighted by Gasteiger charge is 2.27. The predicted molar refractivity (Wildman–Crippen MR) is 124 cm³/mol. The quantitative estimate of drug-likeness (QED) is 0.371. The van der Waals surface area contributed by atoms with E-state index in [1.807, 2.05) is 57.2 Å². The maximum Gasteiger partial charge on any atom is 0.354 e. The normalized spacial score (nSPS) is 11.0. The van der Waals surface area contributed by atoms with Crippen LogP contribution in [0.5, 0.6) is 5.88 Å². The molecule has 0 amide bonds. The lowest BCUT2D eigenvalue weighted by atomic mass is 10.0. The summed E-state index contributed by atoms with van der Waals surface area (Å²) < 4.78 is 3.72. The number of hydrogen-bond acceptors (Lipinski definition) is 4. The number of fused-ring (bicyclic) bond motifs is 1. The summed E-state index contributed by atoms with van der Waals surface area (Å²) in [6.07, 6.45) is 3.40. The fourth-order valence-electron chi connectivity index (χ4n) is 3.46. The Balaban J connectivity index is 1.98. The highest BCUT2D eigenvalue weighted by Crippen LogP contribution is 2.26. The first kappa shape index (κ1) is 21.1. The Bertz CT molecular complexity index is 1410. The lowest BCUT2D eigenvalue weighted by Gasteiger charge is -2.11. The number of aryl methyl sites for hydroxylation is 1. The molecular formula is C24H21ClN3O2S+. The van der Waals surface area contributed by atoms with Gasteiger partial charge in [-0.1, -0.05) is 49.4 Å². The maximum absolute atomic E-state index is 13.4. The molecule has 0 fully saturated rings. The molecule has 5 nitrogen and oxygen atoms in total. The third kappa shape index (κ3) is 4.20. The zero-order chi connectivity index (χ0) is 22.1. The number of hydrogen-bond donors (Lipinski definition) is 1. The first-order valence-corrected chi connectivity index (χ1v) is 11.0. The third-order valence-electron chi connectivity index (χ3n) is 4.83. The molecule has 0 bridgehead atoms. The molecule has 0 radical (unpaired) electrons. The highest BCUT2D eigenvalue weighted by molar-refractivity contribution is 7.15. The first-order chi connectivity index (χ1) is 14.8. The SMILES string of the molecule is Cc1cccn2c(=O)c(-c3cccc(C#CC(C)C)c3)c(O)[n+](Cc3cnc(Cl)s3)c12. The second-order valence-corrected chi connectivity index (χ2v) is 9.26. The molecule has 0 atom stereocenters. The Morgan fingerprint density at radius 1 is 1.29 bits per heavy atom. The molecule has 1 aromatic carbocycles. The molecule has 1 N–H and O–H groups in total. The van der Waals surface area contributed by atoms with Gasteiger partial charge in [0.05, 0.1) is 11.1 Å². The van der Waals surface area contributed by atoms with Gasteiger partial charge in [-0.3, -0.25) is 0 Å². The minimum atomic E-state index is -0.288. The summed E-state index contributed by atoms with van der Waals surface area (Å²) in [6.45, 7) is 6.29. The van der Waals surface area contributed by atoms with Crippen molar-refractivity contribution in [2.75, 3.05) is 0 Å². The zero-order valence-corrected chi connectivity index (χ0v) is 19.0. The molecule has 31 heavy (non-hydrogen) atoms. The second-order valence-electron chi connectivity index (χ2n) is 7.56. The molecule has 3 aromatic heterocycles. The van der Waals surface area contributed by atoms with Crippen LogP contribution in [0.2, 0.25) is 4.47 Å². The number of nitrogens with zero attached hydrogens (tertiary/aromatic N) is 3. The van der Waals surface area contributed by atoms with Crippen molar-refractivity contribution in [3.05, 3.63) is 79.6 Å². The van der Waals surface area contributed by atoms with Crippen molar-refractivity contribution in [3.8, 4) is 28.8 Å². The average molecular weight is 451 g/mol. The lowest BCUT2D eigenvalue weighted by Crippen LogP contribution is -2.41. The Hall–Kier alpha value is -3.14. The summed E-state index contributed by atoms with van der Waals surface area (Å²) in [4.78, 5) is 18.4. The van der Waals surface area contributed by atoms with Gasteiger partial charge in [-0.15, -0.1) is 11.3 Å². The largest absolute Gasteiger partial charge is 0.477 e. The van der Waals surface area contributed by atoms with Crippen LogP contribution in [-0.2, 0) is 6.54 Å². The second kappa shape index (κ2) is 8.54. The van der Waals surface area contributed by atoms with Gasteiger partial charge in [-0.05, 0) is 36.8 Å². The topological polar surface area (TPSA) is 58.5 Å². The van der Waals surface area contributed by atoms with E-state index in [4.69, 9.17) is 11.6 Å². The van der Waals surface area contributed by atoms with Crippen molar-refractivity contribution in [3.63, 3.8) is 0 Å². The van der Waals surface area contributed by atoms with Crippen LogP contribution < -0.4 is 10.1 Å². The van der Waals surface area contributed by atoms with Crippen LogP contribution in [0, 0.1) is 24.7 Å². The van der Waals surface area contributed by atoms with Crippen LogP contribution in [0.4, 0.5) is 0 Å². The molecule has 0 aliphatic carbocycles. The van der Waals surface area contributed by atoms with Gasteiger partial charge in [0.2, 0.25) is 0 Å². The molecule has 7 heteroatoms. The molecule has 4 aromatic rings. The highest BCUT2D eigenvalue weighted by atomic mass is 35.5. The van der Waals surface area contributed by atoms with E-state index >= 15 is 0 Å².